The fourth-order valence-electron chi connectivity index (χ4n) is 4.58. The minimum Gasteiger partial charge on any atom is -0.497 e. The molecule has 8 heteroatoms. The maximum atomic E-state index is 13.5. The Morgan fingerprint density at radius 3 is 2.71 bits per heavy atom. The van der Waals surface area contributed by atoms with E-state index in [1.807, 2.05) is 60.4 Å². The molecule has 7 nitrogen and oxygen atoms in total. The Morgan fingerprint density at radius 1 is 1.18 bits per heavy atom. The third-order valence-corrected chi connectivity index (χ3v) is 6.56. The van der Waals surface area contributed by atoms with Gasteiger partial charge in [0.2, 0.25) is 0 Å². The van der Waals surface area contributed by atoms with Gasteiger partial charge in [-0.3, -0.25) is 14.5 Å². The summed E-state index contributed by atoms with van der Waals surface area (Å²) < 4.78 is 10.6. The van der Waals surface area contributed by atoms with Crippen LogP contribution >= 0.6 is 11.6 Å². The molecule has 34 heavy (non-hydrogen) atoms. The van der Waals surface area contributed by atoms with Crippen LogP contribution < -0.4 is 4.74 Å². The summed E-state index contributed by atoms with van der Waals surface area (Å²) in [4.78, 5) is 27.7. The lowest BCUT2D eigenvalue weighted by Gasteiger charge is -2.32. The molecule has 0 radical (unpaired) electrons. The summed E-state index contributed by atoms with van der Waals surface area (Å²) in [5.41, 5.74) is 2.73. The predicted octanol–water partition coefficient (Wildman–Crippen LogP) is 4.30. The number of carbonyl (C=O) groups excluding carboxylic acids is 2. The fraction of sp³-hybridized carbons (Fsp3) is 0.423. The predicted molar refractivity (Wildman–Crippen MR) is 131 cm³/mol. The first-order valence-corrected chi connectivity index (χ1v) is 12.0. The van der Waals surface area contributed by atoms with E-state index in [0.717, 1.165) is 42.0 Å². The Morgan fingerprint density at radius 2 is 1.97 bits per heavy atom. The molecule has 2 aromatic rings. The Balaban J connectivity index is 1.55. The van der Waals surface area contributed by atoms with Gasteiger partial charge in [0.05, 0.1) is 37.9 Å². The number of benzene rings is 2. The van der Waals surface area contributed by atoms with Crippen molar-refractivity contribution in [2.24, 2.45) is 11.0 Å². The van der Waals surface area contributed by atoms with Gasteiger partial charge in [0, 0.05) is 23.6 Å². The van der Waals surface area contributed by atoms with E-state index >= 15 is 0 Å². The van der Waals surface area contributed by atoms with Crippen LogP contribution in [0.3, 0.4) is 0 Å². The van der Waals surface area contributed by atoms with Crippen molar-refractivity contribution >= 4 is 29.2 Å². The molecular formula is C26H30ClN3O4. The van der Waals surface area contributed by atoms with Crippen LogP contribution in [0.5, 0.6) is 5.75 Å². The molecule has 2 aliphatic heterocycles. The molecular weight excluding hydrogens is 454 g/mol. The van der Waals surface area contributed by atoms with Crippen molar-refractivity contribution in [3.63, 3.8) is 0 Å². The molecule has 0 bridgehead atoms. The number of hydrogen-bond donors (Lipinski definition) is 0. The highest BCUT2D eigenvalue weighted by Gasteiger charge is 2.35. The second-order valence-corrected chi connectivity index (χ2v) is 9.05. The molecule has 1 saturated heterocycles. The molecule has 1 amide bonds. The number of nitrogens with zero attached hydrogens (tertiary/aromatic N) is 3. The van der Waals surface area contributed by atoms with E-state index in [0.29, 0.717) is 24.6 Å². The molecule has 180 valence electrons. The summed E-state index contributed by atoms with van der Waals surface area (Å²) in [6.45, 7) is 3.68. The first-order chi connectivity index (χ1) is 16.5. The second kappa shape index (κ2) is 11.0. The lowest BCUT2D eigenvalue weighted by atomic mass is 9.97. The molecule has 2 aromatic carbocycles. The van der Waals surface area contributed by atoms with Crippen molar-refractivity contribution in [3.05, 3.63) is 64.7 Å². The first-order valence-electron chi connectivity index (χ1n) is 11.7. The van der Waals surface area contributed by atoms with Gasteiger partial charge in [-0.1, -0.05) is 35.9 Å². The highest BCUT2D eigenvalue weighted by molar-refractivity contribution is 6.30. The standard InChI is InChI=1S/C26H30ClN3O4/c1-3-34-26(32)20-7-5-13-29(16-20)17-25(31)30-24(18-9-11-21(27)12-10-18)15-23(28-30)19-6-4-8-22(14-19)33-2/h4,6,8-12,14,20,24H,3,5,7,13,15-17H2,1-2H3. The number of esters is 1. The minimum atomic E-state index is -0.225. The van der Waals surface area contributed by atoms with Crippen molar-refractivity contribution in [3.8, 4) is 5.75 Å². The average molecular weight is 484 g/mol. The molecule has 0 aliphatic carbocycles. The minimum absolute atomic E-state index is 0.0950. The van der Waals surface area contributed by atoms with Gasteiger partial charge < -0.3 is 9.47 Å². The SMILES string of the molecule is CCOC(=O)C1CCCN(CC(=O)N2N=C(c3cccc(OC)c3)CC2c2ccc(Cl)cc2)C1. The maximum Gasteiger partial charge on any atom is 0.310 e. The van der Waals surface area contributed by atoms with Gasteiger partial charge in [0.25, 0.3) is 5.91 Å². The first kappa shape index (κ1) is 24.2. The second-order valence-electron chi connectivity index (χ2n) is 8.61. The molecule has 2 atom stereocenters. The molecule has 0 N–H and O–H groups in total. The lowest BCUT2D eigenvalue weighted by molar-refractivity contribution is -0.150. The molecule has 0 saturated carbocycles. The number of ether oxygens (including phenoxy) is 2. The zero-order valence-electron chi connectivity index (χ0n) is 19.6. The number of halogens is 1. The highest BCUT2D eigenvalue weighted by atomic mass is 35.5. The number of amides is 1. The Labute approximate surface area is 205 Å². The Bertz CT molecular complexity index is 1060. The number of hydrogen-bond acceptors (Lipinski definition) is 6. The summed E-state index contributed by atoms with van der Waals surface area (Å²) in [7, 11) is 1.63. The molecule has 4 rings (SSSR count). The van der Waals surface area contributed by atoms with Gasteiger partial charge in [-0.05, 0) is 56.1 Å². The number of carbonyl (C=O) groups is 2. The van der Waals surface area contributed by atoms with Crippen LogP contribution in [0.1, 0.15) is 43.4 Å². The van der Waals surface area contributed by atoms with Crippen molar-refractivity contribution < 1.29 is 19.1 Å². The number of hydrazone groups is 1. The van der Waals surface area contributed by atoms with E-state index in [1.165, 1.54) is 0 Å². The average Bonchev–Trinajstić information content (AvgIpc) is 3.31. The third kappa shape index (κ3) is 5.59. The topological polar surface area (TPSA) is 71.4 Å². The molecule has 0 aromatic heterocycles. The van der Waals surface area contributed by atoms with Crippen molar-refractivity contribution in [1.82, 2.24) is 9.91 Å². The largest absolute Gasteiger partial charge is 0.497 e. The lowest BCUT2D eigenvalue weighted by Crippen LogP contribution is -2.44. The normalized spacial score (nSPS) is 20.7. The Kier molecular flexibility index (Phi) is 7.85. The number of rotatable bonds is 7. The summed E-state index contributed by atoms with van der Waals surface area (Å²) in [5, 5.41) is 6.99. The smallest absolute Gasteiger partial charge is 0.310 e. The van der Waals surface area contributed by atoms with Crippen LogP contribution in [0, 0.1) is 5.92 Å². The number of methoxy groups -OCH3 is 1. The van der Waals surface area contributed by atoms with Crippen LogP contribution in [-0.2, 0) is 14.3 Å². The zero-order valence-corrected chi connectivity index (χ0v) is 20.3. The molecule has 1 fully saturated rings. The van der Waals surface area contributed by atoms with Crippen LogP contribution in [0.4, 0.5) is 0 Å². The van der Waals surface area contributed by atoms with E-state index < -0.39 is 0 Å². The van der Waals surface area contributed by atoms with Crippen LogP contribution in [0.2, 0.25) is 5.02 Å². The van der Waals surface area contributed by atoms with Gasteiger partial charge in [-0.2, -0.15) is 5.10 Å². The van der Waals surface area contributed by atoms with E-state index in [2.05, 4.69) is 0 Å². The van der Waals surface area contributed by atoms with Crippen molar-refractivity contribution in [2.75, 3.05) is 33.4 Å². The zero-order chi connectivity index (χ0) is 24.1. The van der Waals surface area contributed by atoms with Crippen molar-refractivity contribution in [2.45, 2.75) is 32.2 Å². The van der Waals surface area contributed by atoms with Gasteiger partial charge in [0.15, 0.2) is 0 Å². The van der Waals surface area contributed by atoms with Crippen LogP contribution in [0.15, 0.2) is 53.6 Å². The number of piperidine rings is 1. The maximum absolute atomic E-state index is 13.5. The summed E-state index contributed by atoms with van der Waals surface area (Å²) >= 11 is 6.10. The van der Waals surface area contributed by atoms with Gasteiger partial charge >= 0.3 is 5.97 Å². The monoisotopic (exact) mass is 483 g/mol. The molecule has 2 unspecified atom stereocenters. The van der Waals surface area contributed by atoms with Gasteiger partial charge in [-0.25, -0.2) is 5.01 Å². The van der Waals surface area contributed by atoms with E-state index in [9.17, 15) is 9.59 Å². The van der Waals surface area contributed by atoms with Crippen molar-refractivity contribution in [1.29, 1.82) is 0 Å². The highest BCUT2D eigenvalue weighted by Crippen LogP contribution is 2.34. The van der Waals surface area contributed by atoms with Crippen LogP contribution in [0.25, 0.3) is 0 Å². The van der Waals surface area contributed by atoms with Crippen LogP contribution in [-0.4, -0.2) is 60.8 Å². The van der Waals surface area contributed by atoms with E-state index in [1.54, 1.807) is 12.1 Å². The number of likely N-dealkylation sites (tertiary alicyclic amines) is 1. The summed E-state index contributed by atoms with van der Waals surface area (Å²) in [5.74, 6) is 0.273. The fourth-order valence-corrected chi connectivity index (χ4v) is 4.70. The van der Waals surface area contributed by atoms with Gasteiger partial charge in [-0.15, -0.1) is 0 Å². The molecule has 0 spiro atoms. The molecule has 2 aliphatic rings. The summed E-state index contributed by atoms with van der Waals surface area (Å²) in [6, 6.07) is 15.0. The van der Waals surface area contributed by atoms with E-state index in [-0.39, 0.29) is 30.4 Å². The van der Waals surface area contributed by atoms with E-state index in [4.69, 9.17) is 26.2 Å². The van der Waals surface area contributed by atoms with Gasteiger partial charge in [0.1, 0.15) is 5.75 Å². The molecule has 2 heterocycles. The third-order valence-electron chi connectivity index (χ3n) is 6.31. The Hall–Kier alpha value is -2.90. The summed E-state index contributed by atoms with van der Waals surface area (Å²) in [6.07, 6.45) is 2.24. The quantitative estimate of drug-likeness (QED) is 0.549.